The lowest BCUT2D eigenvalue weighted by Crippen LogP contribution is -2.46. The van der Waals surface area contributed by atoms with Crippen molar-refractivity contribution in [3.05, 3.63) is 29.8 Å². The molecule has 0 radical (unpaired) electrons. The molecule has 0 saturated carbocycles. The molecule has 0 aliphatic carbocycles. The minimum absolute atomic E-state index is 0. The van der Waals surface area contributed by atoms with Crippen LogP contribution >= 0.6 is 24.0 Å². The number of likely N-dealkylation sites (tertiary alicyclic amines) is 1. The smallest absolute Gasteiger partial charge is 0.193 e. The minimum atomic E-state index is 0. The fourth-order valence-corrected chi connectivity index (χ4v) is 2.99. The van der Waals surface area contributed by atoms with Gasteiger partial charge in [-0.3, -0.25) is 4.99 Å². The summed E-state index contributed by atoms with van der Waals surface area (Å²) in [7, 11) is 1.85. The SMILES string of the molecule is CCOC1CCN(C(=NC)NCc2cccc(OCC(C)C)c2)CC1.I. The molecule has 1 fully saturated rings. The van der Waals surface area contributed by atoms with Gasteiger partial charge in [0, 0.05) is 33.3 Å². The molecule has 1 aliphatic heterocycles. The van der Waals surface area contributed by atoms with E-state index in [1.807, 2.05) is 19.2 Å². The van der Waals surface area contributed by atoms with Crippen LogP contribution in [0.4, 0.5) is 0 Å². The molecule has 2 rings (SSSR count). The number of nitrogens with zero attached hydrogens (tertiary/aromatic N) is 2. The first kappa shape index (κ1) is 23.0. The van der Waals surface area contributed by atoms with Gasteiger partial charge in [0.2, 0.25) is 0 Å². The van der Waals surface area contributed by atoms with E-state index in [1.54, 1.807) is 0 Å². The number of piperidine rings is 1. The molecule has 0 atom stereocenters. The second-order valence-corrected chi connectivity index (χ2v) is 6.89. The predicted molar refractivity (Wildman–Crippen MR) is 119 cm³/mol. The van der Waals surface area contributed by atoms with Gasteiger partial charge in [-0.1, -0.05) is 26.0 Å². The van der Waals surface area contributed by atoms with Crippen molar-refractivity contribution in [3.8, 4) is 5.75 Å². The van der Waals surface area contributed by atoms with E-state index in [0.717, 1.165) is 57.4 Å². The fraction of sp³-hybridized carbons (Fsp3) is 0.650. The largest absolute Gasteiger partial charge is 0.493 e. The summed E-state index contributed by atoms with van der Waals surface area (Å²) >= 11 is 0. The number of benzene rings is 1. The zero-order valence-electron chi connectivity index (χ0n) is 16.5. The maximum atomic E-state index is 5.81. The molecular formula is C20H34IN3O2. The lowest BCUT2D eigenvalue weighted by atomic mass is 10.1. The van der Waals surface area contributed by atoms with Gasteiger partial charge in [0.05, 0.1) is 12.7 Å². The monoisotopic (exact) mass is 475 g/mol. The third kappa shape index (κ3) is 7.70. The molecule has 26 heavy (non-hydrogen) atoms. The topological polar surface area (TPSA) is 46.1 Å². The van der Waals surface area contributed by atoms with Crippen LogP contribution in [-0.4, -0.2) is 50.3 Å². The fourth-order valence-electron chi connectivity index (χ4n) is 2.99. The average Bonchev–Trinajstić information content (AvgIpc) is 2.62. The molecule has 0 amide bonds. The maximum Gasteiger partial charge on any atom is 0.193 e. The molecule has 1 saturated heterocycles. The van der Waals surface area contributed by atoms with Gasteiger partial charge in [0.25, 0.3) is 0 Å². The maximum absolute atomic E-state index is 5.81. The molecule has 1 aliphatic rings. The summed E-state index contributed by atoms with van der Waals surface area (Å²) < 4.78 is 11.5. The second kappa shape index (κ2) is 12.4. The van der Waals surface area contributed by atoms with Gasteiger partial charge >= 0.3 is 0 Å². The summed E-state index contributed by atoms with van der Waals surface area (Å²) in [6.45, 7) is 10.6. The molecule has 1 N–H and O–H groups in total. The average molecular weight is 475 g/mol. The number of rotatable bonds is 7. The van der Waals surface area contributed by atoms with Gasteiger partial charge in [-0.05, 0) is 43.4 Å². The molecular weight excluding hydrogens is 441 g/mol. The van der Waals surface area contributed by atoms with E-state index in [-0.39, 0.29) is 24.0 Å². The molecule has 1 heterocycles. The third-order valence-corrected chi connectivity index (χ3v) is 4.29. The molecule has 1 aromatic rings. The quantitative estimate of drug-likeness (QED) is 0.369. The van der Waals surface area contributed by atoms with Crippen LogP contribution in [0.2, 0.25) is 0 Å². The summed E-state index contributed by atoms with van der Waals surface area (Å²) in [5, 5.41) is 3.47. The van der Waals surface area contributed by atoms with Gasteiger partial charge in [-0.25, -0.2) is 0 Å². The Morgan fingerprint density at radius 3 is 2.65 bits per heavy atom. The van der Waals surface area contributed by atoms with Crippen LogP contribution in [0.15, 0.2) is 29.3 Å². The highest BCUT2D eigenvalue weighted by atomic mass is 127. The zero-order valence-corrected chi connectivity index (χ0v) is 18.9. The molecule has 0 bridgehead atoms. The first-order chi connectivity index (χ1) is 12.1. The highest BCUT2D eigenvalue weighted by Gasteiger charge is 2.21. The molecule has 5 nitrogen and oxygen atoms in total. The molecule has 0 aromatic heterocycles. The predicted octanol–water partition coefficient (Wildman–Crippen LogP) is 3.92. The Labute approximate surface area is 175 Å². The molecule has 148 valence electrons. The molecule has 6 heteroatoms. The van der Waals surface area contributed by atoms with Crippen LogP contribution in [0.25, 0.3) is 0 Å². The van der Waals surface area contributed by atoms with Crippen LogP contribution in [0.3, 0.4) is 0 Å². The van der Waals surface area contributed by atoms with Gasteiger partial charge in [-0.15, -0.1) is 24.0 Å². The third-order valence-electron chi connectivity index (χ3n) is 4.29. The highest BCUT2D eigenvalue weighted by molar-refractivity contribution is 14.0. The van der Waals surface area contributed by atoms with Gasteiger partial charge < -0.3 is 19.7 Å². The summed E-state index contributed by atoms with van der Waals surface area (Å²) in [4.78, 5) is 6.75. The Bertz CT molecular complexity index is 544. The van der Waals surface area contributed by atoms with Crippen LogP contribution in [0.5, 0.6) is 5.75 Å². The van der Waals surface area contributed by atoms with E-state index in [2.05, 4.69) is 48.1 Å². The van der Waals surface area contributed by atoms with E-state index in [0.29, 0.717) is 12.0 Å². The van der Waals surface area contributed by atoms with Crippen molar-refractivity contribution in [2.45, 2.75) is 46.3 Å². The van der Waals surface area contributed by atoms with E-state index < -0.39 is 0 Å². The van der Waals surface area contributed by atoms with Gasteiger partial charge in [-0.2, -0.15) is 0 Å². The number of nitrogens with one attached hydrogen (secondary N) is 1. The van der Waals surface area contributed by atoms with Crippen molar-refractivity contribution >= 4 is 29.9 Å². The lowest BCUT2D eigenvalue weighted by Gasteiger charge is -2.34. The van der Waals surface area contributed by atoms with Crippen molar-refractivity contribution in [3.63, 3.8) is 0 Å². The number of hydrogen-bond donors (Lipinski definition) is 1. The number of hydrogen-bond acceptors (Lipinski definition) is 3. The first-order valence-corrected chi connectivity index (χ1v) is 9.41. The zero-order chi connectivity index (χ0) is 18.1. The number of ether oxygens (including phenoxy) is 2. The van der Waals surface area contributed by atoms with Crippen molar-refractivity contribution in [2.75, 3.05) is 33.4 Å². The van der Waals surface area contributed by atoms with Crippen molar-refractivity contribution < 1.29 is 9.47 Å². The number of guanidine groups is 1. The van der Waals surface area contributed by atoms with E-state index in [4.69, 9.17) is 9.47 Å². The minimum Gasteiger partial charge on any atom is -0.493 e. The lowest BCUT2D eigenvalue weighted by molar-refractivity contribution is 0.0263. The van der Waals surface area contributed by atoms with Gasteiger partial charge in [0.1, 0.15) is 5.75 Å². The molecule has 0 unspecified atom stereocenters. The standard InChI is InChI=1S/C20H33N3O2.HI/c1-5-24-18-9-11-23(12-10-18)20(21-4)22-14-17-7-6-8-19(13-17)25-15-16(2)3;/h6-8,13,16,18H,5,9-12,14-15H2,1-4H3,(H,21,22);1H. The summed E-state index contributed by atoms with van der Waals surface area (Å²) in [5.74, 6) is 2.42. The Morgan fingerprint density at radius 2 is 2.04 bits per heavy atom. The van der Waals surface area contributed by atoms with E-state index in [1.165, 1.54) is 5.56 Å². The van der Waals surface area contributed by atoms with Gasteiger partial charge in [0.15, 0.2) is 5.96 Å². The summed E-state index contributed by atoms with van der Waals surface area (Å²) in [6, 6.07) is 8.27. The first-order valence-electron chi connectivity index (χ1n) is 9.41. The van der Waals surface area contributed by atoms with Crippen LogP contribution in [-0.2, 0) is 11.3 Å². The Balaban J connectivity index is 0.00000338. The Hall–Kier alpha value is -1.02. The Kier molecular flexibility index (Phi) is 11.0. The normalized spacial score (nSPS) is 15.7. The van der Waals surface area contributed by atoms with E-state index in [9.17, 15) is 0 Å². The Morgan fingerprint density at radius 1 is 1.31 bits per heavy atom. The van der Waals surface area contributed by atoms with Crippen LogP contribution in [0, 0.1) is 5.92 Å². The molecule has 0 spiro atoms. The van der Waals surface area contributed by atoms with Crippen molar-refractivity contribution in [1.82, 2.24) is 10.2 Å². The van der Waals surface area contributed by atoms with Crippen molar-refractivity contribution in [1.29, 1.82) is 0 Å². The van der Waals surface area contributed by atoms with Crippen molar-refractivity contribution in [2.24, 2.45) is 10.9 Å². The van der Waals surface area contributed by atoms with Crippen LogP contribution in [0.1, 0.15) is 39.2 Å². The second-order valence-electron chi connectivity index (χ2n) is 6.89. The molecule has 1 aromatic carbocycles. The number of halogens is 1. The summed E-state index contributed by atoms with van der Waals surface area (Å²) in [5.41, 5.74) is 1.20. The summed E-state index contributed by atoms with van der Waals surface area (Å²) in [6.07, 6.45) is 2.52. The van der Waals surface area contributed by atoms with E-state index >= 15 is 0 Å². The highest BCUT2D eigenvalue weighted by Crippen LogP contribution is 2.16. The van der Waals surface area contributed by atoms with Crippen LogP contribution < -0.4 is 10.1 Å². The number of aliphatic imine (C=N–C) groups is 1.